The van der Waals surface area contributed by atoms with Crippen molar-refractivity contribution < 1.29 is 19.1 Å². The molecule has 0 aliphatic carbocycles. The standard InChI is InChI=1S/C18H15Cl3N4O4/c1-22-17(27)18(28)25-23-8-10-7-11(19)5-6-14(10)29-9-15(26)24-13-4-2-3-12(20)16(13)21/h2-8H,9H2,1H3,(H,22,27)(H,24,26)(H,25,28)/b23-8-. The van der Waals surface area contributed by atoms with Gasteiger partial charge in [0.05, 0.1) is 21.9 Å². The van der Waals surface area contributed by atoms with E-state index in [0.29, 0.717) is 21.3 Å². The summed E-state index contributed by atoms with van der Waals surface area (Å²) in [7, 11) is 1.32. The summed E-state index contributed by atoms with van der Waals surface area (Å²) in [6.45, 7) is -0.337. The van der Waals surface area contributed by atoms with Crippen LogP contribution in [0.3, 0.4) is 0 Å². The molecule has 2 rings (SSSR count). The van der Waals surface area contributed by atoms with Crippen LogP contribution in [0, 0.1) is 0 Å². The second-order valence-electron chi connectivity index (χ2n) is 5.40. The maximum absolute atomic E-state index is 12.1. The highest BCUT2D eigenvalue weighted by Crippen LogP contribution is 2.29. The van der Waals surface area contributed by atoms with Gasteiger partial charge < -0.3 is 15.4 Å². The molecule has 0 bridgehead atoms. The lowest BCUT2D eigenvalue weighted by Crippen LogP contribution is -2.35. The Morgan fingerprint density at radius 1 is 1.10 bits per heavy atom. The van der Waals surface area contributed by atoms with Crippen LogP contribution in [-0.4, -0.2) is 37.6 Å². The van der Waals surface area contributed by atoms with Crippen molar-refractivity contribution in [2.24, 2.45) is 5.10 Å². The molecule has 0 saturated carbocycles. The summed E-state index contributed by atoms with van der Waals surface area (Å²) in [5, 5.41) is 9.32. The highest BCUT2D eigenvalue weighted by Gasteiger charge is 2.12. The van der Waals surface area contributed by atoms with Crippen molar-refractivity contribution in [3.05, 3.63) is 57.0 Å². The van der Waals surface area contributed by atoms with Gasteiger partial charge in [0.1, 0.15) is 5.75 Å². The summed E-state index contributed by atoms with van der Waals surface area (Å²) >= 11 is 17.9. The van der Waals surface area contributed by atoms with Gasteiger partial charge in [-0.05, 0) is 30.3 Å². The third kappa shape index (κ3) is 6.63. The van der Waals surface area contributed by atoms with Gasteiger partial charge in [-0.3, -0.25) is 14.4 Å². The number of ether oxygens (including phenoxy) is 1. The normalized spacial score (nSPS) is 10.5. The van der Waals surface area contributed by atoms with Crippen molar-refractivity contribution in [3.63, 3.8) is 0 Å². The smallest absolute Gasteiger partial charge is 0.329 e. The molecule has 29 heavy (non-hydrogen) atoms. The molecule has 0 radical (unpaired) electrons. The van der Waals surface area contributed by atoms with Crippen molar-refractivity contribution >= 4 is 64.4 Å². The zero-order chi connectivity index (χ0) is 21.4. The molecule has 3 amide bonds. The van der Waals surface area contributed by atoms with E-state index < -0.39 is 17.7 Å². The van der Waals surface area contributed by atoms with E-state index in [2.05, 4.69) is 21.2 Å². The quantitative estimate of drug-likeness (QED) is 0.352. The number of rotatable bonds is 6. The first-order chi connectivity index (χ1) is 13.8. The third-order valence-electron chi connectivity index (χ3n) is 3.36. The van der Waals surface area contributed by atoms with E-state index in [1.165, 1.54) is 25.4 Å². The average Bonchev–Trinajstić information content (AvgIpc) is 2.70. The van der Waals surface area contributed by atoms with Gasteiger partial charge in [-0.15, -0.1) is 0 Å². The van der Waals surface area contributed by atoms with Gasteiger partial charge in [-0.2, -0.15) is 5.10 Å². The van der Waals surface area contributed by atoms with Gasteiger partial charge in [-0.25, -0.2) is 5.43 Å². The van der Waals surface area contributed by atoms with Crippen LogP contribution < -0.4 is 20.8 Å². The van der Waals surface area contributed by atoms with Crippen molar-refractivity contribution in [1.29, 1.82) is 0 Å². The molecular weight excluding hydrogens is 443 g/mol. The fraction of sp³-hybridized carbons (Fsp3) is 0.111. The molecule has 0 aliphatic heterocycles. The molecular formula is C18H15Cl3N4O4. The number of halogens is 3. The minimum atomic E-state index is -0.939. The molecule has 0 heterocycles. The van der Waals surface area contributed by atoms with Crippen LogP contribution in [0.4, 0.5) is 5.69 Å². The van der Waals surface area contributed by atoms with Crippen LogP contribution in [0.1, 0.15) is 5.56 Å². The highest BCUT2D eigenvalue weighted by atomic mass is 35.5. The Labute approximate surface area is 181 Å². The maximum atomic E-state index is 12.1. The minimum absolute atomic E-state index is 0.216. The van der Waals surface area contributed by atoms with Crippen LogP contribution in [0.2, 0.25) is 15.1 Å². The number of amides is 3. The number of benzene rings is 2. The van der Waals surface area contributed by atoms with Crippen molar-refractivity contribution in [2.75, 3.05) is 19.0 Å². The van der Waals surface area contributed by atoms with Crippen molar-refractivity contribution in [2.45, 2.75) is 0 Å². The molecule has 0 atom stereocenters. The zero-order valence-electron chi connectivity index (χ0n) is 15.0. The van der Waals surface area contributed by atoms with Gasteiger partial charge in [0.2, 0.25) is 0 Å². The van der Waals surface area contributed by atoms with Crippen LogP contribution in [-0.2, 0) is 14.4 Å². The Hall–Kier alpha value is -2.81. The molecule has 0 saturated heterocycles. The fourth-order valence-corrected chi connectivity index (χ4v) is 2.53. The van der Waals surface area contributed by atoms with Gasteiger partial charge in [0, 0.05) is 17.6 Å². The Bertz CT molecular complexity index is 966. The van der Waals surface area contributed by atoms with Gasteiger partial charge in [0.15, 0.2) is 6.61 Å². The molecule has 152 valence electrons. The molecule has 2 aromatic rings. The number of nitrogens with one attached hydrogen (secondary N) is 3. The fourth-order valence-electron chi connectivity index (χ4n) is 2.01. The lowest BCUT2D eigenvalue weighted by Gasteiger charge is -2.11. The maximum Gasteiger partial charge on any atom is 0.329 e. The largest absolute Gasteiger partial charge is 0.483 e. The number of hydrogen-bond acceptors (Lipinski definition) is 5. The first-order valence-corrected chi connectivity index (χ1v) is 9.16. The number of carbonyl (C=O) groups is 3. The molecule has 2 aromatic carbocycles. The second kappa shape index (κ2) is 10.7. The lowest BCUT2D eigenvalue weighted by atomic mass is 10.2. The average molecular weight is 458 g/mol. The Kier molecular flexibility index (Phi) is 8.26. The van der Waals surface area contributed by atoms with Crippen molar-refractivity contribution in [1.82, 2.24) is 10.7 Å². The monoisotopic (exact) mass is 456 g/mol. The van der Waals surface area contributed by atoms with E-state index in [9.17, 15) is 14.4 Å². The van der Waals surface area contributed by atoms with E-state index in [0.717, 1.165) is 0 Å². The number of hydrogen-bond donors (Lipinski definition) is 3. The number of anilines is 1. The molecule has 3 N–H and O–H groups in total. The second-order valence-corrected chi connectivity index (χ2v) is 6.62. The molecule has 0 fully saturated rings. The van der Waals surface area contributed by atoms with Gasteiger partial charge >= 0.3 is 11.8 Å². The lowest BCUT2D eigenvalue weighted by molar-refractivity contribution is -0.138. The van der Waals surface area contributed by atoms with Crippen molar-refractivity contribution in [3.8, 4) is 5.75 Å². The summed E-state index contributed by atoms with van der Waals surface area (Å²) in [5.41, 5.74) is 2.78. The van der Waals surface area contributed by atoms with E-state index in [-0.39, 0.29) is 17.4 Å². The molecule has 0 spiro atoms. The zero-order valence-corrected chi connectivity index (χ0v) is 17.2. The first-order valence-electron chi connectivity index (χ1n) is 8.03. The SMILES string of the molecule is CNC(=O)C(=O)N/N=C\c1cc(Cl)ccc1OCC(=O)Nc1cccc(Cl)c1Cl. The van der Waals surface area contributed by atoms with Crippen LogP contribution >= 0.6 is 34.8 Å². The highest BCUT2D eigenvalue weighted by molar-refractivity contribution is 6.44. The summed E-state index contributed by atoms with van der Waals surface area (Å²) in [6, 6.07) is 9.44. The molecule has 0 unspecified atom stereocenters. The number of carbonyl (C=O) groups excluding carboxylic acids is 3. The van der Waals surface area contributed by atoms with E-state index >= 15 is 0 Å². The topological polar surface area (TPSA) is 109 Å². The molecule has 8 nitrogen and oxygen atoms in total. The Morgan fingerprint density at radius 2 is 1.86 bits per heavy atom. The Balaban J connectivity index is 2.03. The molecule has 11 heteroatoms. The summed E-state index contributed by atoms with van der Waals surface area (Å²) in [4.78, 5) is 34.7. The summed E-state index contributed by atoms with van der Waals surface area (Å²) in [6.07, 6.45) is 1.23. The van der Waals surface area contributed by atoms with Crippen LogP contribution in [0.5, 0.6) is 5.75 Å². The van der Waals surface area contributed by atoms with Crippen LogP contribution in [0.15, 0.2) is 41.5 Å². The van der Waals surface area contributed by atoms with E-state index in [1.54, 1.807) is 24.3 Å². The van der Waals surface area contributed by atoms with E-state index in [1.807, 2.05) is 0 Å². The third-order valence-corrected chi connectivity index (χ3v) is 4.41. The number of nitrogens with zero attached hydrogens (tertiary/aromatic N) is 1. The minimum Gasteiger partial charge on any atom is -0.483 e. The van der Waals surface area contributed by atoms with Gasteiger partial charge in [-0.1, -0.05) is 40.9 Å². The predicted molar refractivity (Wildman–Crippen MR) is 112 cm³/mol. The molecule has 0 aromatic heterocycles. The first kappa shape index (κ1) is 22.5. The van der Waals surface area contributed by atoms with Gasteiger partial charge in [0.25, 0.3) is 5.91 Å². The number of hydrazone groups is 1. The summed E-state index contributed by atoms with van der Waals surface area (Å²) < 4.78 is 5.49. The molecule has 0 aliphatic rings. The Morgan fingerprint density at radius 3 is 2.59 bits per heavy atom. The summed E-state index contributed by atoms with van der Waals surface area (Å²) in [5.74, 6) is -1.98. The van der Waals surface area contributed by atoms with E-state index in [4.69, 9.17) is 39.5 Å². The van der Waals surface area contributed by atoms with Crippen LogP contribution in [0.25, 0.3) is 0 Å². The predicted octanol–water partition coefficient (Wildman–Crippen LogP) is 2.86. The number of likely N-dealkylation sites (N-methyl/N-ethyl adjacent to an activating group) is 1.